The first-order valence-electron chi connectivity index (χ1n) is 6.89. The Labute approximate surface area is 124 Å². The predicted octanol–water partition coefficient (Wildman–Crippen LogP) is 2.06. The van der Waals surface area contributed by atoms with Crippen LogP contribution in [0.1, 0.15) is 6.42 Å². The van der Waals surface area contributed by atoms with Crippen LogP contribution >= 0.6 is 0 Å². The number of benzene rings is 2. The summed E-state index contributed by atoms with van der Waals surface area (Å²) < 4.78 is 27.5. The summed E-state index contributed by atoms with van der Waals surface area (Å²) in [5.41, 5.74) is 0. The van der Waals surface area contributed by atoms with Crippen LogP contribution in [0, 0.1) is 5.92 Å². The molecule has 0 saturated carbocycles. The Hall–Kier alpha value is -1.69. The smallest absolute Gasteiger partial charge is 0.241 e. The quantitative estimate of drug-likeness (QED) is 0.850. The molecule has 1 aliphatic carbocycles. The second-order valence-electron chi connectivity index (χ2n) is 5.30. The van der Waals surface area contributed by atoms with Gasteiger partial charge in [0.2, 0.25) is 10.0 Å². The van der Waals surface area contributed by atoms with Crippen LogP contribution in [-0.4, -0.2) is 26.2 Å². The van der Waals surface area contributed by atoms with E-state index in [1.54, 1.807) is 18.2 Å². The van der Waals surface area contributed by atoms with Crippen LogP contribution < -0.4 is 4.72 Å². The minimum absolute atomic E-state index is 0.0364. The van der Waals surface area contributed by atoms with Crippen LogP contribution in [-0.2, 0) is 10.0 Å². The molecule has 0 heterocycles. The Bertz CT molecular complexity index is 783. The summed E-state index contributed by atoms with van der Waals surface area (Å²) in [5, 5.41) is 11.0. The molecule has 0 amide bonds. The first-order valence-corrected chi connectivity index (χ1v) is 8.37. The summed E-state index contributed by atoms with van der Waals surface area (Å²) in [6, 6.07) is 12.5. The lowest BCUT2D eigenvalue weighted by Gasteiger charge is -2.13. The molecule has 0 aliphatic heterocycles. The number of fused-ring (bicyclic) bond motifs is 1. The van der Waals surface area contributed by atoms with Crippen LogP contribution in [0.2, 0.25) is 0 Å². The Balaban J connectivity index is 1.85. The molecule has 0 radical (unpaired) electrons. The number of sulfonamides is 1. The van der Waals surface area contributed by atoms with Gasteiger partial charge in [-0.25, -0.2) is 13.1 Å². The highest BCUT2D eigenvalue weighted by Gasteiger charge is 2.24. The van der Waals surface area contributed by atoms with Crippen LogP contribution in [0.3, 0.4) is 0 Å². The van der Waals surface area contributed by atoms with E-state index in [9.17, 15) is 8.42 Å². The first kappa shape index (κ1) is 14.3. The van der Waals surface area contributed by atoms with Gasteiger partial charge in [0.05, 0.1) is 4.90 Å². The maximum absolute atomic E-state index is 12.4. The van der Waals surface area contributed by atoms with Crippen LogP contribution in [0.25, 0.3) is 10.8 Å². The fraction of sp³-hybridized carbons (Fsp3) is 0.250. The fourth-order valence-electron chi connectivity index (χ4n) is 2.60. The van der Waals surface area contributed by atoms with Gasteiger partial charge in [-0.1, -0.05) is 42.5 Å². The molecule has 2 N–H and O–H groups in total. The maximum Gasteiger partial charge on any atom is 0.241 e. The molecule has 21 heavy (non-hydrogen) atoms. The Morgan fingerprint density at radius 2 is 1.86 bits per heavy atom. The van der Waals surface area contributed by atoms with Gasteiger partial charge in [-0.2, -0.15) is 0 Å². The van der Waals surface area contributed by atoms with Gasteiger partial charge in [-0.05, 0) is 29.3 Å². The third-order valence-corrected chi connectivity index (χ3v) is 5.23. The number of hydrogen-bond acceptors (Lipinski definition) is 3. The SMILES string of the molecule is O=S(=O)(N[C@@H]1C=C[C@H](CO)C1)c1ccc2ccccc2c1. The third-order valence-electron chi connectivity index (χ3n) is 3.74. The molecule has 2 atom stereocenters. The van der Waals surface area contributed by atoms with Crippen molar-refractivity contribution in [3.8, 4) is 0 Å². The van der Waals surface area contributed by atoms with Crippen molar-refractivity contribution in [2.45, 2.75) is 17.4 Å². The molecule has 5 heteroatoms. The van der Waals surface area contributed by atoms with E-state index in [4.69, 9.17) is 5.11 Å². The predicted molar refractivity (Wildman–Crippen MR) is 82.4 cm³/mol. The lowest BCUT2D eigenvalue weighted by atomic mass is 10.1. The molecule has 0 spiro atoms. The molecule has 0 fully saturated rings. The molecule has 4 nitrogen and oxygen atoms in total. The number of hydrogen-bond donors (Lipinski definition) is 2. The monoisotopic (exact) mass is 303 g/mol. The number of rotatable bonds is 4. The van der Waals surface area contributed by atoms with E-state index < -0.39 is 10.0 Å². The number of aliphatic hydroxyl groups excluding tert-OH is 1. The van der Waals surface area contributed by atoms with Crippen molar-refractivity contribution in [3.05, 3.63) is 54.6 Å². The largest absolute Gasteiger partial charge is 0.396 e. The van der Waals surface area contributed by atoms with Gasteiger partial charge in [-0.3, -0.25) is 0 Å². The summed E-state index contributed by atoms with van der Waals surface area (Å²) in [7, 11) is -3.55. The summed E-state index contributed by atoms with van der Waals surface area (Å²) in [6.07, 6.45) is 4.26. The van der Waals surface area contributed by atoms with E-state index in [2.05, 4.69) is 4.72 Å². The lowest BCUT2D eigenvalue weighted by molar-refractivity contribution is 0.248. The van der Waals surface area contributed by atoms with Crippen molar-refractivity contribution in [1.82, 2.24) is 4.72 Å². The number of aliphatic hydroxyl groups is 1. The molecule has 0 unspecified atom stereocenters. The highest BCUT2D eigenvalue weighted by molar-refractivity contribution is 7.89. The Morgan fingerprint density at radius 1 is 1.10 bits per heavy atom. The van der Waals surface area contributed by atoms with Gasteiger partial charge in [-0.15, -0.1) is 0 Å². The molecular formula is C16H17NO3S. The van der Waals surface area contributed by atoms with Gasteiger partial charge >= 0.3 is 0 Å². The highest BCUT2D eigenvalue weighted by Crippen LogP contribution is 2.22. The van der Waals surface area contributed by atoms with Crippen molar-refractivity contribution < 1.29 is 13.5 Å². The fourth-order valence-corrected chi connectivity index (χ4v) is 3.84. The molecular weight excluding hydrogens is 286 g/mol. The van der Waals surface area contributed by atoms with E-state index in [0.717, 1.165) is 10.8 Å². The van der Waals surface area contributed by atoms with E-state index in [-0.39, 0.29) is 23.5 Å². The van der Waals surface area contributed by atoms with Crippen molar-refractivity contribution in [2.24, 2.45) is 5.92 Å². The molecule has 1 aliphatic rings. The van der Waals surface area contributed by atoms with Crippen LogP contribution in [0.5, 0.6) is 0 Å². The van der Waals surface area contributed by atoms with E-state index in [1.807, 2.05) is 36.4 Å². The second-order valence-corrected chi connectivity index (χ2v) is 7.01. The van der Waals surface area contributed by atoms with Gasteiger partial charge in [0, 0.05) is 18.6 Å². The normalized spacial score (nSPS) is 22.0. The van der Waals surface area contributed by atoms with Gasteiger partial charge in [0.25, 0.3) is 0 Å². The molecule has 0 aromatic heterocycles. The molecule has 0 bridgehead atoms. The van der Waals surface area contributed by atoms with Crippen molar-refractivity contribution in [2.75, 3.05) is 6.61 Å². The maximum atomic E-state index is 12.4. The minimum Gasteiger partial charge on any atom is -0.396 e. The summed E-state index contributed by atoms with van der Waals surface area (Å²) >= 11 is 0. The Morgan fingerprint density at radius 3 is 2.57 bits per heavy atom. The number of nitrogens with one attached hydrogen (secondary N) is 1. The van der Waals surface area contributed by atoms with E-state index >= 15 is 0 Å². The van der Waals surface area contributed by atoms with Crippen molar-refractivity contribution >= 4 is 20.8 Å². The Kier molecular flexibility index (Phi) is 3.80. The lowest BCUT2D eigenvalue weighted by Crippen LogP contribution is -2.32. The third kappa shape index (κ3) is 3.00. The molecule has 2 aromatic carbocycles. The van der Waals surface area contributed by atoms with Gasteiger partial charge < -0.3 is 5.11 Å². The first-order chi connectivity index (χ1) is 10.1. The standard InChI is InChI=1S/C16H17NO3S/c18-11-12-5-7-15(9-12)17-21(19,20)16-8-6-13-3-1-2-4-14(13)10-16/h1-8,10,12,15,17-18H,9,11H2/t12-,15+/m0/s1. The van der Waals surface area contributed by atoms with Gasteiger partial charge in [0.1, 0.15) is 0 Å². The topological polar surface area (TPSA) is 66.4 Å². The molecule has 0 saturated heterocycles. The second kappa shape index (κ2) is 5.60. The highest BCUT2D eigenvalue weighted by atomic mass is 32.2. The van der Waals surface area contributed by atoms with Gasteiger partial charge in [0.15, 0.2) is 0 Å². The zero-order valence-corrected chi connectivity index (χ0v) is 12.3. The van der Waals surface area contributed by atoms with Crippen molar-refractivity contribution in [3.63, 3.8) is 0 Å². The van der Waals surface area contributed by atoms with E-state index in [1.165, 1.54) is 0 Å². The molecule has 110 valence electrons. The summed E-state index contributed by atoms with van der Waals surface area (Å²) in [5.74, 6) is 0.0364. The van der Waals surface area contributed by atoms with E-state index in [0.29, 0.717) is 6.42 Å². The minimum atomic E-state index is -3.55. The van der Waals surface area contributed by atoms with Crippen LogP contribution in [0.4, 0.5) is 0 Å². The zero-order chi connectivity index (χ0) is 14.9. The summed E-state index contributed by atoms with van der Waals surface area (Å²) in [6.45, 7) is 0.0463. The summed E-state index contributed by atoms with van der Waals surface area (Å²) in [4.78, 5) is 0.266. The average Bonchev–Trinajstić information content (AvgIpc) is 2.93. The average molecular weight is 303 g/mol. The molecule has 2 aromatic rings. The van der Waals surface area contributed by atoms with Crippen molar-refractivity contribution in [1.29, 1.82) is 0 Å². The zero-order valence-electron chi connectivity index (χ0n) is 11.4. The van der Waals surface area contributed by atoms with Crippen LogP contribution in [0.15, 0.2) is 59.5 Å². The molecule has 3 rings (SSSR count).